The van der Waals surface area contributed by atoms with Crippen molar-refractivity contribution in [2.24, 2.45) is 0 Å². The summed E-state index contributed by atoms with van der Waals surface area (Å²) in [6, 6.07) is 10.5. The lowest BCUT2D eigenvalue weighted by atomic mass is 9.96. The molecule has 9 nitrogen and oxygen atoms in total. The normalized spacial score (nSPS) is 17.3. The smallest absolute Gasteiger partial charge is 0.269 e. The summed E-state index contributed by atoms with van der Waals surface area (Å²) in [5.74, 6) is 0.876. The first-order valence-electron chi connectivity index (χ1n) is 12.6. The van der Waals surface area contributed by atoms with Crippen molar-refractivity contribution < 1.29 is 14.3 Å². The fourth-order valence-corrected chi connectivity index (χ4v) is 5.40. The molecule has 0 radical (unpaired) electrons. The summed E-state index contributed by atoms with van der Waals surface area (Å²) in [7, 11) is 1.60. The lowest BCUT2D eigenvalue weighted by Crippen LogP contribution is -2.37. The number of amides is 2. The van der Waals surface area contributed by atoms with Crippen molar-refractivity contribution in [3.8, 4) is 11.1 Å². The first-order valence-corrected chi connectivity index (χ1v) is 12.6. The van der Waals surface area contributed by atoms with E-state index in [0.29, 0.717) is 25.5 Å². The van der Waals surface area contributed by atoms with E-state index in [-0.39, 0.29) is 17.9 Å². The summed E-state index contributed by atoms with van der Waals surface area (Å²) in [6.07, 6.45) is 4.58. The molecule has 2 amide bonds. The number of nitrogens with one attached hydrogen (secondary N) is 1. The van der Waals surface area contributed by atoms with Crippen molar-refractivity contribution >= 4 is 23.3 Å². The van der Waals surface area contributed by atoms with Crippen LogP contribution in [0.15, 0.2) is 36.5 Å². The topological polar surface area (TPSA) is 92.6 Å². The van der Waals surface area contributed by atoms with E-state index < -0.39 is 0 Å². The van der Waals surface area contributed by atoms with Crippen LogP contribution in [0.25, 0.3) is 11.1 Å². The quantitative estimate of drug-likeness (QED) is 0.610. The number of benzene rings is 1. The molecule has 0 unspecified atom stereocenters. The number of carbonyl (C=O) groups is 2. The van der Waals surface area contributed by atoms with Gasteiger partial charge >= 0.3 is 0 Å². The summed E-state index contributed by atoms with van der Waals surface area (Å²) in [6.45, 7) is 5.24. The molecule has 3 aliphatic rings. The molecule has 36 heavy (non-hydrogen) atoms. The van der Waals surface area contributed by atoms with Crippen molar-refractivity contribution in [3.63, 3.8) is 0 Å². The van der Waals surface area contributed by atoms with E-state index in [0.717, 1.165) is 60.5 Å². The van der Waals surface area contributed by atoms with Crippen LogP contribution < -0.4 is 10.2 Å². The number of rotatable bonds is 4. The van der Waals surface area contributed by atoms with Gasteiger partial charge in [0.1, 0.15) is 5.69 Å². The Kier molecular flexibility index (Phi) is 5.72. The summed E-state index contributed by atoms with van der Waals surface area (Å²) in [5.41, 5.74) is 7.29. The number of hydrogen-bond acceptors (Lipinski definition) is 6. The van der Waals surface area contributed by atoms with Crippen LogP contribution in [-0.2, 0) is 28.9 Å². The van der Waals surface area contributed by atoms with E-state index >= 15 is 0 Å². The number of fused-ring (bicyclic) bond motifs is 2. The molecule has 0 aliphatic carbocycles. The maximum atomic E-state index is 12.2. The molecular formula is C27H30N6O3. The zero-order valence-corrected chi connectivity index (χ0v) is 20.7. The molecule has 6 rings (SSSR count). The molecule has 3 aromatic rings. The van der Waals surface area contributed by atoms with E-state index in [9.17, 15) is 9.59 Å². The summed E-state index contributed by atoms with van der Waals surface area (Å²) >= 11 is 0. The number of nitrogens with zero attached hydrogens (tertiary/aromatic N) is 5. The zero-order valence-electron chi connectivity index (χ0n) is 20.7. The lowest BCUT2D eigenvalue weighted by Gasteiger charge is -2.33. The highest BCUT2D eigenvalue weighted by Gasteiger charge is 2.34. The lowest BCUT2D eigenvalue weighted by molar-refractivity contribution is -0.129. The van der Waals surface area contributed by atoms with E-state index in [1.165, 1.54) is 11.3 Å². The molecule has 0 bridgehead atoms. The van der Waals surface area contributed by atoms with Crippen molar-refractivity contribution in [1.29, 1.82) is 0 Å². The molecule has 0 atom stereocenters. The van der Waals surface area contributed by atoms with Crippen LogP contribution in [0.4, 0.5) is 11.5 Å². The van der Waals surface area contributed by atoms with Gasteiger partial charge in [-0.3, -0.25) is 19.3 Å². The van der Waals surface area contributed by atoms with Crippen LogP contribution in [0.5, 0.6) is 0 Å². The van der Waals surface area contributed by atoms with Crippen LogP contribution >= 0.6 is 0 Å². The monoisotopic (exact) mass is 486 g/mol. The Hall–Kier alpha value is -3.72. The predicted molar refractivity (Wildman–Crippen MR) is 135 cm³/mol. The Balaban J connectivity index is 1.36. The van der Waals surface area contributed by atoms with Crippen LogP contribution in [-0.4, -0.2) is 64.8 Å². The first kappa shape index (κ1) is 22.7. The minimum atomic E-state index is -0.192. The number of carbonyl (C=O) groups excluding carboxylic acids is 2. The Labute approximate surface area is 210 Å². The number of pyridine rings is 1. The summed E-state index contributed by atoms with van der Waals surface area (Å²) in [4.78, 5) is 32.6. The number of hydrogen-bond donors (Lipinski definition) is 1. The molecule has 9 heteroatoms. The largest absolute Gasteiger partial charge is 0.377 e. The molecule has 0 spiro atoms. The number of aromatic nitrogens is 3. The molecule has 2 aromatic heterocycles. The minimum Gasteiger partial charge on any atom is -0.377 e. The molecular weight excluding hydrogens is 456 g/mol. The highest BCUT2D eigenvalue weighted by Crippen LogP contribution is 2.40. The average molecular weight is 487 g/mol. The summed E-state index contributed by atoms with van der Waals surface area (Å²) in [5, 5.41) is 7.73. The van der Waals surface area contributed by atoms with Crippen molar-refractivity contribution in [1.82, 2.24) is 25.0 Å². The van der Waals surface area contributed by atoms with Gasteiger partial charge in [0, 0.05) is 62.2 Å². The predicted octanol–water partition coefficient (Wildman–Crippen LogP) is 2.86. The Morgan fingerprint density at radius 2 is 1.92 bits per heavy atom. The molecule has 1 aromatic carbocycles. The van der Waals surface area contributed by atoms with E-state index in [1.807, 2.05) is 11.0 Å². The van der Waals surface area contributed by atoms with Gasteiger partial charge in [-0.05, 0) is 42.2 Å². The second kappa shape index (κ2) is 9.05. The van der Waals surface area contributed by atoms with E-state index in [1.54, 1.807) is 26.2 Å². The highest BCUT2D eigenvalue weighted by molar-refractivity contribution is 5.92. The van der Waals surface area contributed by atoms with Crippen LogP contribution in [0.1, 0.15) is 46.7 Å². The third kappa shape index (κ3) is 3.83. The number of ether oxygens (including phenoxy) is 1. The molecule has 186 valence electrons. The minimum absolute atomic E-state index is 0.103. The van der Waals surface area contributed by atoms with Crippen molar-refractivity contribution in [3.05, 3.63) is 59.0 Å². The van der Waals surface area contributed by atoms with E-state index in [4.69, 9.17) is 9.84 Å². The third-order valence-electron chi connectivity index (χ3n) is 7.49. The van der Waals surface area contributed by atoms with Crippen LogP contribution in [0.2, 0.25) is 0 Å². The maximum Gasteiger partial charge on any atom is 0.269 e. The molecule has 1 fully saturated rings. The van der Waals surface area contributed by atoms with Crippen molar-refractivity contribution in [2.75, 3.05) is 38.3 Å². The van der Waals surface area contributed by atoms with Crippen LogP contribution in [0.3, 0.4) is 0 Å². The average Bonchev–Trinajstić information content (AvgIpc) is 3.24. The van der Waals surface area contributed by atoms with Crippen LogP contribution in [0, 0.1) is 0 Å². The SMILES string of the molecule is CNC(=O)c1ccc(-c2ccc3c(c2)CCCN3c2nn(C3COC3)c3c2CN(C(C)=O)CC3)cn1. The van der Waals surface area contributed by atoms with Gasteiger partial charge in [-0.15, -0.1) is 0 Å². The van der Waals surface area contributed by atoms with E-state index in [2.05, 4.69) is 38.1 Å². The molecule has 1 N–H and O–H groups in total. The van der Waals surface area contributed by atoms with Gasteiger partial charge in [0.05, 0.1) is 25.8 Å². The Morgan fingerprint density at radius 3 is 2.61 bits per heavy atom. The molecule has 5 heterocycles. The van der Waals surface area contributed by atoms with Crippen molar-refractivity contribution in [2.45, 2.75) is 38.8 Å². The van der Waals surface area contributed by atoms with Gasteiger partial charge in [-0.25, -0.2) is 0 Å². The van der Waals surface area contributed by atoms with Gasteiger partial charge in [0.15, 0.2) is 5.82 Å². The zero-order chi connectivity index (χ0) is 24.8. The maximum absolute atomic E-state index is 12.2. The second-order valence-corrected chi connectivity index (χ2v) is 9.69. The Morgan fingerprint density at radius 1 is 1.08 bits per heavy atom. The molecule has 0 saturated carbocycles. The first-order chi connectivity index (χ1) is 17.5. The molecule has 3 aliphatic heterocycles. The third-order valence-corrected chi connectivity index (χ3v) is 7.49. The Bertz CT molecular complexity index is 1330. The number of aryl methyl sites for hydroxylation is 1. The van der Waals surface area contributed by atoms with Gasteiger partial charge in [0.25, 0.3) is 5.91 Å². The fourth-order valence-electron chi connectivity index (χ4n) is 5.40. The van der Waals surface area contributed by atoms with Gasteiger partial charge < -0.3 is 19.9 Å². The standard InChI is InChI=1S/C27H30N6O3/c1-17(34)31-11-9-25-22(14-31)26(30-33(25)21-15-36-16-21)32-10-3-4-19-12-18(6-8-24(19)32)20-5-7-23(29-13-20)27(35)28-2/h5-8,12-13,21H,3-4,9-11,14-16H2,1-2H3,(H,28,35). The molecule has 1 saturated heterocycles. The highest BCUT2D eigenvalue weighted by atomic mass is 16.5. The second-order valence-electron chi connectivity index (χ2n) is 9.69. The number of anilines is 2. The fraction of sp³-hybridized carbons (Fsp3) is 0.407. The van der Waals surface area contributed by atoms with Gasteiger partial charge in [-0.2, -0.15) is 5.10 Å². The van der Waals surface area contributed by atoms with Gasteiger partial charge in [0.2, 0.25) is 5.91 Å². The van der Waals surface area contributed by atoms with Gasteiger partial charge in [-0.1, -0.05) is 12.1 Å². The summed E-state index contributed by atoms with van der Waals surface area (Å²) < 4.78 is 7.63.